The highest BCUT2D eigenvalue weighted by atomic mass is 16.2. The number of rotatable bonds is 5. The van der Waals surface area contributed by atoms with Crippen molar-refractivity contribution in [3.05, 3.63) is 66.0 Å². The van der Waals surface area contributed by atoms with Gasteiger partial charge in [0.05, 0.1) is 17.6 Å². The maximum absolute atomic E-state index is 13.9. The number of para-hydroxylation sites is 2. The number of carbonyl (C=O) groups is 2. The zero-order valence-corrected chi connectivity index (χ0v) is 20.3. The Hall–Kier alpha value is -3.15. The minimum absolute atomic E-state index is 0.0664. The quantitative estimate of drug-likeness (QED) is 0.615. The summed E-state index contributed by atoms with van der Waals surface area (Å²) in [5, 5.41) is 3.36. The predicted octanol–water partition coefficient (Wildman–Crippen LogP) is 4.43. The van der Waals surface area contributed by atoms with Gasteiger partial charge in [-0.3, -0.25) is 9.59 Å². The number of aromatic nitrogens is 2. The van der Waals surface area contributed by atoms with Gasteiger partial charge in [-0.1, -0.05) is 69.2 Å². The molecule has 0 radical (unpaired) electrons. The van der Waals surface area contributed by atoms with Gasteiger partial charge < -0.3 is 14.8 Å². The summed E-state index contributed by atoms with van der Waals surface area (Å²) in [5.41, 5.74) is 1.83. The maximum Gasteiger partial charge on any atom is 0.290 e. The predicted molar refractivity (Wildman–Crippen MR) is 133 cm³/mol. The SMILES string of the molecule is C[C@@H]1[C@H](C)CCC[C@@H]1NC(=O)[C@@]1(C)Cn2c(nc3ccccc32)C(=O)N1CCc1ccccc1. The second-order valence-electron chi connectivity index (χ2n) is 10.3. The molecule has 2 heterocycles. The van der Waals surface area contributed by atoms with Crippen LogP contribution in [-0.4, -0.2) is 44.4 Å². The van der Waals surface area contributed by atoms with Crippen LogP contribution in [0.15, 0.2) is 54.6 Å². The van der Waals surface area contributed by atoms with E-state index in [1.807, 2.05) is 54.0 Å². The molecule has 0 bridgehead atoms. The van der Waals surface area contributed by atoms with Gasteiger partial charge in [-0.25, -0.2) is 4.98 Å². The second-order valence-corrected chi connectivity index (χ2v) is 10.3. The molecule has 34 heavy (non-hydrogen) atoms. The van der Waals surface area contributed by atoms with E-state index in [0.717, 1.165) is 29.4 Å². The second kappa shape index (κ2) is 8.90. The first kappa shape index (κ1) is 22.6. The zero-order chi connectivity index (χ0) is 23.9. The Morgan fingerprint density at radius 1 is 1.09 bits per heavy atom. The van der Waals surface area contributed by atoms with Gasteiger partial charge in [-0.15, -0.1) is 0 Å². The molecule has 1 aliphatic heterocycles. The van der Waals surface area contributed by atoms with E-state index in [-0.39, 0.29) is 17.9 Å². The van der Waals surface area contributed by atoms with Gasteiger partial charge in [0.25, 0.3) is 5.91 Å². The van der Waals surface area contributed by atoms with Gasteiger partial charge in [0.1, 0.15) is 5.54 Å². The number of nitrogens with one attached hydrogen (secondary N) is 1. The molecule has 4 atom stereocenters. The lowest BCUT2D eigenvalue weighted by Gasteiger charge is -2.45. The Bertz CT molecular complexity index is 1200. The van der Waals surface area contributed by atoms with Crippen molar-refractivity contribution in [1.82, 2.24) is 19.8 Å². The molecule has 1 aliphatic carbocycles. The van der Waals surface area contributed by atoms with Crippen molar-refractivity contribution >= 4 is 22.8 Å². The van der Waals surface area contributed by atoms with E-state index in [2.05, 4.69) is 36.3 Å². The summed E-state index contributed by atoms with van der Waals surface area (Å²) in [4.78, 5) is 34.1. The molecule has 1 saturated carbocycles. The monoisotopic (exact) mass is 458 g/mol. The summed E-state index contributed by atoms with van der Waals surface area (Å²) in [6, 6.07) is 18.0. The van der Waals surface area contributed by atoms with Gasteiger partial charge in [0, 0.05) is 12.6 Å². The van der Waals surface area contributed by atoms with E-state index < -0.39 is 5.54 Å². The lowest BCUT2D eigenvalue weighted by atomic mass is 9.77. The molecule has 2 amide bonds. The molecule has 6 heteroatoms. The van der Waals surface area contributed by atoms with E-state index in [9.17, 15) is 9.59 Å². The van der Waals surface area contributed by atoms with Gasteiger partial charge in [-0.05, 0) is 49.3 Å². The molecule has 6 nitrogen and oxygen atoms in total. The molecule has 2 aromatic carbocycles. The smallest absolute Gasteiger partial charge is 0.290 e. The fourth-order valence-corrected chi connectivity index (χ4v) is 5.67. The van der Waals surface area contributed by atoms with Crippen LogP contribution in [0, 0.1) is 11.8 Å². The Labute approximate surface area is 201 Å². The highest BCUT2D eigenvalue weighted by Crippen LogP contribution is 2.33. The molecular weight excluding hydrogens is 424 g/mol. The van der Waals surface area contributed by atoms with Crippen molar-refractivity contribution in [2.75, 3.05) is 6.54 Å². The Morgan fingerprint density at radius 3 is 2.62 bits per heavy atom. The molecule has 178 valence electrons. The van der Waals surface area contributed by atoms with Crippen LogP contribution in [0.4, 0.5) is 0 Å². The number of benzene rings is 2. The number of nitrogens with zero attached hydrogens (tertiary/aromatic N) is 3. The number of carbonyl (C=O) groups excluding carboxylic acids is 2. The lowest BCUT2D eigenvalue weighted by Crippen LogP contribution is -2.66. The van der Waals surface area contributed by atoms with Gasteiger partial charge in [-0.2, -0.15) is 0 Å². The van der Waals surface area contributed by atoms with E-state index >= 15 is 0 Å². The van der Waals surface area contributed by atoms with Crippen molar-refractivity contribution in [3.8, 4) is 0 Å². The Kier molecular flexibility index (Phi) is 5.92. The van der Waals surface area contributed by atoms with Crippen molar-refractivity contribution in [2.24, 2.45) is 11.8 Å². The van der Waals surface area contributed by atoms with Gasteiger partial charge in [0.15, 0.2) is 5.82 Å². The number of amides is 2. The molecule has 0 saturated heterocycles. The van der Waals surface area contributed by atoms with E-state index in [4.69, 9.17) is 0 Å². The highest BCUT2D eigenvalue weighted by Gasteiger charge is 2.49. The summed E-state index contributed by atoms with van der Waals surface area (Å²) in [6.45, 7) is 7.28. The molecule has 1 N–H and O–H groups in total. The lowest BCUT2D eigenvalue weighted by molar-refractivity contribution is -0.134. The molecule has 3 aromatic rings. The fourth-order valence-electron chi connectivity index (χ4n) is 5.67. The average Bonchev–Trinajstić information content (AvgIpc) is 3.21. The van der Waals surface area contributed by atoms with Crippen molar-refractivity contribution < 1.29 is 9.59 Å². The minimum atomic E-state index is -0.997. The average molecular weight is 459 g/mol. The maximum atomic E-state index is 13.9. The van der Waals surface area contributed by atoms with E-state index in [1.54, 1.807) is 4.90 Å². The Morgan fingerprint density at radius 2 is 1.82 bits per heavy atom. The third-order valence-corrected chi connectivity index (χ3v) is 8.13. The third kappa shape index (κ3) is 3.89. The van der Waals surface area contributed by atoms with Crippen LogP contribution in [0.2, 0.25) is 0 Å². The molecular formula is C28H34N4O2. The van der Waals surface area contributed by atoms with E-state index in [1.165, 1.54) is 6.42 Å². The van der Waals surface area contributed by atoms with Crippen LogP contribution in [0.25, 0.3) is 11.0 Å². The number of hydrogen-bond donors (Lipinski definition) is 1. The molecule has 1 fully saturated rings. The standard InChI is InChI=1S/C28H34N4O2/c1-19-10-9-14-22(20(19)2)30-27(34)28(3)18-31-24-15-8-7-13-23(24)29-25(31)26(33)32(28)17-16-21-11-5-4-6-12-21/h4-8,11-13,15,19-20,22H,9-10,14,16-18H2,1-3H3,(H,30,34)/t19-,20-,22+,28-/m1/s1. The van der Waals surface area contributed by atoms with Crippen LogP contribution in [0.3, 0.4) is 0 Å². The molecule has 2 aliphatic rings. The number of imidazole rings is 1. The Balaban J connectivity index is 1.49. The number of fused-ring (bicyclic) bond motifs is 3. The van der Waals surface area contributed by atoms with Crippen molar-refractivity contribution in [1.29, 1.82) is 0 Å². The fraction of sp³-hybridized carbons (Fsp3) is 0.464. The first-order chi connectivity index (χ1) is 16.4. The summed E-state index contributed by atoms with van der Waals surface area (Å²) < 4.78 is 1.93. The largest absolute Gasteiger partial charge is 0.351 e. The molecule has 0 unspecified atom stereocenters. The normalized spacial score (nSPS) is 27.0. The molecule has 0 spiro atoms. The number of hydrogen-bond acceptors (Lipinski definition) is 3. The van der Waals surface area contributed by atoms with Crippen LogP contribution >= 0.6 is 0 Å². The van der Waals surface area contributed by atoms with E-state index in [0.29, 0.717) is 37.2 Å². The first-order valence-electron chi connectivity index (χ1n) is 12.5. The first-order valence-corrected chi connectivity index (χ1v) is 12.5. The van der Waals surface area contributed by atoms with Gasteiger partial charge >= 0.3 is 0 Å². The van der Waals surface area contributed by atoms with Crippen molar-refractivity contribution in [3.63, 3.8) is 0 Å². The van der Waals surface area contributed by atoms with Gasteiger partial charge in [0.2, 0.25) is 5.91 Å². The summed E-state index contributed by atoms with van der Waals surface area (Å²) in [5.74, 6) is 1.17. The highest BCUT2D eigenvalue weighted by molar-refractivity contribution is 6.01. The summed E-state index contributed by atoms with van der Waals surface area (Å²) in [6.07, 6.45) is 4.01. The summed E-state index contributed by atoms with van der Waals surface area (Å²) >= 11 is 0. The van der Waals surface area contributed by atoms with Crippen LogP contribution in [0.5, 0.6) is 0 Å². The van der Waals surface area contributed by atoms with Crippen molar-refractivity contribution in [2.45, 2.75) is 64.6 Å². The van der Waals surface area contributed by atoms with Crippen LogP contribution < -0.4 is 5.32 Å². The topological polar surface area (TPSA) is 67.2 Å². The van der Waals surface area contributed by atoms with Crippen LogP contribution in [0.1, 0.15) is 56.2 Å². The molecule has 5 rings (SSSR count). The zero-order valence-electron chi connectivity index (χ0n) is 20.3. The van der Waals surface area contributed by atoms with Crippen LogP contribution in [-0.2, 0) is 17.8 Å². The third-order valence-electron chi connectivity index (χ3n) is 8.13. The summed E-state index contributed by atoms with van der Waals surface area (Å²) in [7, 11) is 0. The minimum Gasteiger partial charge on any atom is -0.351 e. The molecule has 1 aromatic heterocycles.